The zero-order valence-corrected chi connectivity index (χ0v) is 16.9. The van der Waals surface area contributed by atoms with Crippen molar-refractivity contribution in [2.75, 3.05) is 18.0 Å². The summed E-state index contributed by atoms with van der Waals surface area (Å²) < 4.78 is 45.6. The molecule has 32 heavy (non-hydrogen) atoms. The predicted molar refractivity (Wildman–Crippen MR) is 113 cm³/mol. The van der Waals surface area contributed by atoms with Gasteiger partial charge in [0, 0.05) is 37.3 Å². The molecule has 9 heteroatoms. The number of pyridine rings is 1. The van der Waals surface area contributed by atoms with E-state index in [-0.39, 0.29) is 47.5 Å². The topological polar surface area (TPSA) is 88.6 Å². The SMILES string of the molecule is N[C@@H]1CN(c2c(F)cc3c(=O)c(C(=O)O)cn(C4CC4)c3c2F)C[C@H]1c1ccc(F)cc1. The van der Waals surface area contributed by atoms with E-state index in [2.05, 4.69) is 0 Å². The summed E-state index contributed by atoms with van der Waals surface area (Å²) in [6.45, 7) is 0.384. The number of hydrogen-bond donors (Lipinski definition) is 2. The van der Waals surface area contributed by atoms with Gasteiger partial charge in [-0.25, -0.2) is 18.0 Å². The van der Waals surface area contributed by atoms with Gasteiger partial charge in [-0.2, -0.15) is 0 Å². The Bertz CT molecular complexity index is 1300. The van der Waals surface area contributed by atoms with Crippen LogP contribution in [0.15, 0.2) is 41.3 Å². The Hall–Kier alpha value is -3.33. The highest BCUT2D eigenvalue weighted by Crippen LogP contribution is 2.41. The van der Waals surface area contributed by atoms with E-state index >= 15 is 8.78 Å². The summed E-state index contributed by atoms with van der Waals surface area (Å²) in [6, 6.07) is 6.18. The van der Waals surface area contributed by atoms with Crippen molar-refractivity contribution in [3.63, 3.8) is 0 Å². The zero-order valence-electron chi connectivity index (χ0n) is 16.9. The van der Waals surface area contributed by atoms with E-state index in [1.165, 1.54) is 21.6 Å². The highest BCUT2D eigenvalue weighted by molar-refractivity contribution is 5.94. The van der Waals surface area contributed by atoms with Crippen molar-refractivity contribution in [2.45, 2.75) is 30.8 Å². The third-order valence-electron chi connectivity index (χ3n) is 6.33. The number of aromatic carboxylic acids is 1. The maximum atomic E-state index is 15.8. The average Bonchev–Trinajstić information content (AvgIpc) is 3.52. The van der Waals surface area contributed by atoms with E-state index in [1.54, 1.807) is 12.1 Å². The summed E-state index contributed by atoms with van der Waals surface area (Å²) in [6.07, 6.45) is 2.57. The summed E-state index contributed by atoms with van der Waals surface area (Å²) in [5.41, 5.74) is 5.19. The largest absolute Gasteiger partial charge is 0.477 e. The second-order valence-electron chi connectivity index (χ2n) is 8.46. The van der Waals surface area contributed by atoms with Gasteiger partial charge in [0.2, 0.25) is 5.43 Å². The zero-order chi connectivity index (χ0) is 22.7. The van der Waals surface area contributed by atoms with Crippen molar-refractivity contribution in [3.05, 3.63) is 75.3 Å². The lowest BCUT2D eigenvalue weighted by atomic mass is 9.95. The number of halogens is 3. The van der Waals surface area contributed by atoms with Crippen LogP contribution in [-0.4, -0.2) is 34.8 Å². The molecule has 3 N–H and O–H groups in total. The first kappa shape index (κ1) is 20.6. The fourth-order valence-electron chi connectivity index (χ4n) is 4.59. The van der Waals surface area contributed by atoms with E-state index in [4.69, 9.17) is 5.73 Å². The van der Waals surface area contributed by atoms with Crippen molar-refractivity contribution >= 4 is 22.6 Å². The monoisotopic (exact) mass is 443 g/mol. The van der Waals surface area contributed by atoms with Gasteiger partial charge in [-0.05, 0) is 36.6 Å². The van der Waals surface area contributed by atoms with Crippen LogP contribution in [0.5, 0.6) is 0 Å². The van der Waals surface area contributed by atoms with Gasteiger partial charge in [-0.3, -0.25) is 4.79 Å². The van der Waals surface area contributed by atoms with Crippen LogP contribution in [0.2, 0.25) is 0 Å². The van der Waals surface area contributed by atoms with Crippen LogP contribution in [-0.2, 0) is 0 Å². The minimum Gasteiger partial charge on any atom is -0.477 e. The lowest BCUT2D eigenvalue weighted by Crippen LogP contribution is -2.29. The highest BCUT2D eigenvalue weighted by atomic mass is 19.1. The minimum absolute atomic E-state index is 0.0993. The number of rotatable bonds is 4. The Balaban J connectivity index is 1.63. The first-order valence-corrected chi connectivity index (χ1v) is 10.3. The molecule has 6 nitrogen and oxygen atoms in total. The Morgan fingerprint density at radius 1 is 1.09 bits per heavy atom. The van der Waals surface area contributed by atoms with Crippen LogP contribution < -0.4 is 16.1 Å². The summed E-state index contributed by atoms with van der Waals surface area (Å²) in [5, 5.41) is 9.06. The maximum absolute atomic E-state index is 15.8. The van der Waals surface area contributed by atoms with Gasteiger partial charge in [-0.15, -0.1) is 0 Å². The van der Waals surface area contributed by atoms with Crippen molar-refractivity contribution in [1.82, 2.24) is 4.57 Å². The minimum atomic E-state index is -1.44. The van der Waals surface area contributed by atoms with Crippen LogP contribution in [0.3, 0.4) is 0 Å². The molecule has 0 unspecified atom stereocenters. The summed E-state index contributed by atoms with van der Waals surface area (Å²) in [7, 11) is 0. The smallest absolute Gasteiger partial charge is 0.341 e. The third-order valence-corrected chi connectivity index (χ3v) is 6.33. The Kier molecular flexibility index (Phi) is 4.74. The van der Waals surface area contributed by atoms with Crippen LogP contribution in [0.1, 0.15) is 40.7 Å². The molecule has 1 aromatic heterocycles. The number of fused-ring (bicyclic) bond motifs is 1. The molecule has 0 spiro atoms. The van der Waals surface area contributed by atoms with E-state index in [0.29, 0.717) is 12.8 Å². The second-order valence-corrected chi connectivity index (χ2v) is 8.46. The van der Waals surface area contributed by atoms with Gasteiger partial charge in [-0.1, -0.05) is 12.1 Å². The standard InChI is InChI=1S/C23H20F3N3O3/c24-12-3-1-11(2-4-12)15-8-28(10-18(15)27)21-17(25)7-14-20(19(21)26)29(13-5-6-13)9-16(22(14)30)23(31)32/h1-4,7,9,13,15,18H,5-6,8,10,27H2,(H,31,32)/t15-,18+/m0/s1. The van der Waals surface area contributed by atoms with Gasteiger partial charge in [0.1, 0.15) is 22.9 Å². The van der Waals surface area contributed by atoms with Crippen molar-refractivity contribution in [3.8, 4) is 0 Å². The molecule has 1 aliphatic carbocycles. The number of carboxylic acid groups (broad SMARTS) is 1. The van der Waals surface area contributed by atoms with Gasteiger partial charge < -0.3 is 20.3 Å². The van der Waals surface area contributed by atoms with Crippen LogP contribution in [0, 0.1) is 17.5 Å². The quantitative estimate of drug-likeness (QED) is 0.646. The van der Waals surface area contributed by atoms with Gasteiger partial charge >= 0.3 is 5.97 Å². The fourth-order valence-corrected chi connectivity index (χ4v) is 4.59. The molecule has 1 aliphatic heterocycles. The number of nitrogens with zero attached hydrogens (tertiary/aromatic N) is 2. The molecular weight excluding hydrogens is 423 g/mol. The second kappa shape index (κ2) is 7.37. The van der Waals surface area contributed by atoms with E-state index < -0.39 is 34.6 Å². The first-order chi connectivity index (χ1) is 15.3. The molecule has 2 atom stereocenters. The average molecular weight is 443 g/mol. The number of benzene rings is 2. The van der Waals surface area contributed by atoms with Crippen LogP contribution in [0.4, 0.5) is 18.9 Å². The van der Waals surface area contributed by atoms with Gasteiger partial charge in [0.05, 0.1) is 10.9 Å². The number of hydrogen-bond acceptors (Lipinski definition) is 4. The van der Waals surface area contributed by atoms with Crippen LogP contribution in [0.25, 0.3) is 10.9 Å². The van der Waals surface area contributed by atoms with E-state index in [0.717, 1.165) is 17.8 Å². The van der Waals surface area contributed by atoms with Gasteiger partial charge in [0.25, 0.3) is 0 Å². The maximum Gasteiger partial charge on any atom is 0.341 e. The molecule has 0 radical (unpaired) electrons. The Morgan fingerprint density at radius 3 is 2.41 bits per heavy atom. The summed E-state index contributed by atoms with van der Waals surface area (Å²) >= 11 is 0. The summed E-state index contributed by atoms with van der Waals surface area (Å²) in [5.74, 6) is -3.95. The van der Waals surface area contributed by atoms with Crippen molar-refractivity contribution < 1.29 is 23.1 Å². The molecule has 2 fully saturated rings. The number of carboxylic acids is 1. The Morgan fingerprint density at radius 2 is 1.78 bits per heavy atom. The van der Waals surface area contributed by atoms with Gasteiger partial charge in [0.15, 0.2) is 5.82 Å². The number of aromatic nitrogens is 1. The normalized spacial score (nSPS) is 20.8. The van der Waals surface area contributed by atoms with Crippen molar-refractivity contribution in [2.24, 2.45) is 5.73 Å². The molecule has 3 aromatic rings. The molecule has 5 rings (SSSR count). The number of carbonyl (C=O) groups is 1. The molecule has 0 amide bonds. The number of nitrogens with two attached hydrogens (primary N) is 1. The molecule has 2 heterocycles. The van der Waals surface area contributed by atoms with E-state index in [9.17, 15) is 19.1 Å². The first-order valence-electron chi connectivity index (χ1n) is 10.3. The molecule has 1 saturated heterocycles. The van der Waals surface area contributed by atoms with E-state index in [1.807, 2.05) is 0 Å². The highest BCUT2D eigenvalue weighted by Gasteiger charge is 2.36. The molecule has 0 bridgehead atoms. The fraction of sp³-hybridized carbons (Fsp3) is 0.304. The predicted octanol–water partition coefficient (Wildman–Crippen LogP) is 3.38. The molecule has 2 aliphatic rings. The van der Waals surface area contributed by atoms with Crippen LogP contribution >= 0.6 is 0 Å². The van der Waals surface area contributed by atoms with Crippen molar-refractivity contribution in [1.29, 1.82) is 0 Å². The molecule has 166 valence electrons. The molecule has 1 saturated carbocycles. The molecular formula is C23H20F3N3O3. The Labute approximate surface area is 180 Å². The lowest BCUT2D eigenvalue weighted by Gasteiger charge is -2.22. The third kappa shape index (κ3) is 3.24. The lowest BCUT2D eigenvalue weighted by molar-refractivity contribution is 0.0694. The number of anilines is 1. The summed E-state index contributed by atoms with van der Waals surface area (Å²) in [4.78, 5) is 25.6. The molecule has 2 aromatic carbocycles.